The topological polar surface area (TPSA) is 68.8 Å². The minimum atomic E-state index is -0.0357. The van der Waals surface area contributed by atoms with Crippen molar-refractivity contribution in [2.24, 2.45) is 0 Å². The predicted molar refractivity (Wildman–Crippen MR) is 65.0 cm³/mol. The summed E-state index contributed by atoms with van der Waals surface area (Å²) in [4.78, 5) is 11.4. The van der Waals surface area contributed by atoms with Gasteiger partial charge in [0.05, 0.1) is 33.0 Å². The molecule has 0 heterocycles. The zero-order valence-electron chi connectivity index (χ0n) is 11.0. The highest BCUT2D eigenvalue weighted by Crippen LogP contribution is 1.81. The molecule has 0 aromatic heterocycles. The van der Waals surface area contributed by atoms with Gasteiger partial charge in [0.2, 0.25) is 5.91 Å². The van der Waals surface area contributed by atoms with Crippen molar-refractivity contribution < 1.29 is 19.0 Å². The molecule has 0 saturated heterocycles. The number of ether oxygens (including phenoxy) is 3. The largest absolute Gasteiger partial charge is 0.383 e. The summed E-state index contributed by atoms with van der Waals surface area (Å²) < 4.78 is 15.0. The molecule has 0 spiro atoms. The number of hydrogen-bond acceptors (Lipinski definition) is 5. The highest BCUT2D eigenvalue weighted by molar-refractivity contribution is 5.78. The molecule has 0 aliphatic heterocycles. The lowest BCUT2D eigenvalue weighted by Gasteiger charge is -2.13. The van der Waals surface area contributed by atoms with Crippen molar-refractivity contribution in [1.82, 2.24) is 10.6 Å². The maximum atomic E-state index is 11.4. The zero-order chi connectivity index (χ0) is 12.9. The molecule has 0 aromatic carbocycles. The van der Waals surface area contributed by atoms with Crippen LogP contribution in [0, 0.1) is 0 Å². The molecular weight excluding hydrogens is 224 g/mol. The first-order valence-electron chi connectivity index (χ1n) is 5.76. The van der Waals surface area contributed by atoms with Crippen LogP contribution in [-0.4, -0.2) is 65.7 Å². The molecular formula is C11H24N2O4. The van der Waals surface area contributed by atoms with Crippen molar-refractivity contribution in [1.29, 1.82) is 0 Å². The van der Waals surface area contributed by atoms with Gasteiger partial charge < -0.3 is 24.8 Å². The van der Waals surface area contributed by atoms with Gasteiger partial charge in [-0.05, 0) is 6.92 Å². The molecule has 0 radical (unpaired) electrons. The monoisotopic (exact) mass is 248 g/mol. The normalized spacial score (nSPS) is 12.4. The van der Waals surface area contributed by atoms with Crippen LogP contribution < -0.4 is 10.6 Å². The Morgan fingerprint density at radius 2 is 1.94 bits per heavy atom. The Kier molecular flexibility index (Phi) is 11.3. The summed E-state index contributed by atoms with van der Waals surface area (Å²) in [5, 5.41) is 5.80. The number of methoxy groups -OCH3 is 2. The molecule has 1 unspecified atom stereocenters. The molecule has 2 N–H and O–H groups in total. The second kappa shape index (κ2) is 11.8. The smallest absolute Gasteiger partial charge is 0.234 e. The second-order valence-corrected chi connectivity index (χ2v) is 3.71. The van der Waals surface area contributed by atoms with Gasteiger partial charge in [0, 0.05) is 26.8 Å². The molecule has 6 heteroatoms. The lowest BCUT2D eigenvalue weighted by Crippen LogP contribution is -2.41. The molecule has 0 aromatic rings. The van der Waals surface area contributed by atoms with E-state index in [1.54, 1.807) is 14.2 Å². The summed E-state index contributed by atoms with van der Waals surface area (Å²) >= 11 is 0. The zero-order valence-corrected chi connectivity index (χ0v) is 11.0. The van der Waals surface area contributed by atoms with E-state index in [1.165, 1.54) is 0 Å². The Labute approximate surface area is 103 Å². The Bertz CT molecular complexity index is 190. The predicted octanol–water partition coefficient (Wildman–Crippen LogP) is -0.610. The summed E-state index contributed by atoms with van der Waals surface area (Å²) in [6.45, 7) is 5.10. The third-order valence-corrected chi connectivity index (χ3v) is 1.96. The summed E-state index contributed by atoms with van der Waals surface area (Å²) in [6, 6.07) is 0.0345. The SMILES string of the molecule is COCCOCCNCC(=O)NC(C)COC. The molecule has 0 aliphatic rings. The van der Waals surface area contributed by atoms with Crippen molar-refractivity contribution in [2.45, 2.75) is 13.0 Å². The number of hydrogen-bond donors (Lipinski definition) is 2. The average Bonchev–Trinajstić information content (AvgIpc) is 2.28. The molecule has 1 amide bonds. The minimum Gasteiger partial charge on any atom is -0.383 e. The number of nitrogens with one attached hydrogen (secondary N) is 2. The van der Waals surface area contributed by atoms with Crippen LogP contribution in [0.25, 0.3) is 0 Å². The van der Waals surface area contributed by atoms with Crippen LogP contribution in [0.15, 0.2) is 0 Å². The van der Waals surface area contributed by atoms with Gasteiger partial charge in [-0.2, -0.15) is 0 Å². The molecule has 0 rings (SSSR count). The summed E-state index contributed by atoms with van der Waals surface area (Å²) in [6.07, 6.45) is 0. The summed E-state index contributed by atoms with van der Waals surface area (Å²) in [5.74, 6) is -0.0357. The number of amides is 1. The highest BCUT2D eigenvalue weighted by atomic mass is 16.5. The van der Waals surface area contributed by atoms with E-state index in [1.807, 2.05) is 6.92 Å². The first-order chi connectivity index (χ1) is 8.20. The van der Waals surface area contributed by atoms with Crippen molar-refractivity contribution in [2.75, 3.05) is 53.7 Å². The van der Waals surface area contributed by atoms with Gasteiger partial charge in [-0.25, -0.2) is 0 Å². The van der Waals surface area contributed by atoms with E-state index in [0.717, 1.165) is 0 Å². The van der Waals surface area contributed by atoms with E-state index in [-0.39, 0.29) is 11.9 Å². The molecule has 0 bridgehead atoms. The first kappa shape index (κ1) is 16.3. The quantitative estimate of drug-likeness (QED) is 0.477. The van der Waals surface area contributed by atoms with E-state index in [2.05, 4.69) is 10.6 Å². The average molecular weight is 248 g/mol. The van der Waals surface area contributed by atoms with Gasteiger partial charge >= 0.3 is 0 Å². The van der Waals surface area contributed by atoms with Gasteiger partial charge in [0.25, 0.3) is 0 Å². The fourth-order valence-electron chi connectivity index (χ4n) is 1.21. The molecule has 0 fully saturated rings. The summed E-state index contributed by atoms with van der Waals surface area (Å²) in [5.41, 5.74) is 0. The summed E-state index contributed by atoms with van der Waals surface area (Å²) in [7, 11) is 3.24. The van der Waals surface area contributed by atoms with Gasteiger partial charge in [0.1, 0.15) is 0 Å². The van der Waals surface area contributed by atoms with E-state index in [4.69, 9.17) is 14.2 Å². The van der Waals surface area contributed by atoms with Crippen LogP contribution >= 0.6 is 0 Å². The number of rotatable bonds is 11. The minimum absolute atomic E-state index is 0.0345. The van der Waals surface area contributed by atoms with Crippen LogP contribution in [-0.2, 0) is 19.0 Å². The van der Waals surface area contributed by atoms with Crippen molar-refractivity contribution >= 4 is 5.91 Å². The van der Waals surface area contributed by atoms with Crippen molar-refractivity contribution in [3.8, 4) is 0 Å². The van der Waals surface area contributed by atoms with Crippen LogP contribution in [0.4, 0.5) is 0 Å². The fraction of sp³-hybridized carbons (Fsp3) is 0.909. The van der Waals surface area contributed by atoms with Crippen molar-refractivity contribution in [3.63, 3.8) is 0 Å². The number of carbonyl (C=O) groups is 1. The van der Waals surface area contributed by atoms with Gasteiger partial charge in [0.15, 0.2) is 0 Å². The Morgan fingerprint density at radius 3 is 2.59 bits per heavy atom. The Hall–Kier alpha value is -0.690. The molecule has 1 atom stereocenters. The Balaban J connectivity index is 3.27. The molecule has 17 heavy (non-hydrogen) atoms. The van der Waals surface area contributed by atoms with Crippen LogP contribution in [0.5, 0.6) is 0 Å². The van der Waals surface area contributed by atoms with Gasteiger partial charge in [-0.1, -0.05) is 0 Å². The van der Waals surface area contributed by atoms with Crippen molar-refractivity contribution in [3.05, 3.63) is 0 Å². The van der Waals surface area contributed by atoms with Gasteiger partial charge in [-0.15, -0.1) is 0 Å². The van der Waals surface area contributed by atoms with E-state index in [9.17, 15) is 4.79 Å². The van der Waals surface area contributed by atoms with Gasteiger partial charge in [-0.3, -0.25) is 4.79 Å². The molecule has 0 aliphatic carbocycles. The van der Waals surface area contributed by atoms with E-state index >= 15 is 0 Å². The third-order valence-electron chi connectivity index (χ3n) is 1.96. The second-order valence-electron chi connectivity index (χ2n) is 3.71. The van der Waals surface area contributed by atoms with Crippen LogP contribution in [0.2, 0.25) is 0 Å². The standard InChI is InChI=1S/C11H24N2O4/c1-10(9-16-3)13-11(14)8-12-4-5-17-7-6-15-2/h10,12H,4-9H2,1-3H3,(H,13,14). The Morgan fingerprint density at radius 1 is 1.18 bits per heavy atom. The maximum Gasteiger partial charge on any atom is 0.234 e. The highest BCUT2D eigenvalue weighted by Gasteiger charge is 2.05. The van der Waals surface area contributed by atoms with E-state index in [0.29, 0.717) is 39.5 Å². The molecule has 6 nitrogen and oxygen atoms in total. The van der Waals surface area contributed by atoms with Crippen LogP contribution in [0.1, 0.15) is 6.92 Å². The number of carbonyl (C=O) groups excluding carboxylic acids is 1. The van der Waals surface area contributed by atoms with E-state index < -0.39 is 0 Å². The molecule has 102 valence electrons. The molecule has 0 saturated carbocycles. The first-order valence-corrected chi connectivity index (χ1v) is 5.76. The van der Waals surface area contributed by atoms with Crippen LogP contribution in [0.3, 0.4) is 0 Å². The lowest BCUT2D eigenvalue weighted by molar-refractivity contribution is -0.121. The fourth-order valence-corrected chi connectivity index (χ4v) is 1.21. The lowest BCUT2D eigenvalue weighted by atomic mass is 10.3. The third kappa shape index (κ3) is 11.6. The maximum absolute atomic E-state index is 11.4.